The van der Waals surface area contributed by atoms with Crippen LogP contribution in [0.4, 0.5) is 0 Å². The summed E-state index contributed by atoms with van der Waals surface area (Å²) in [5, 5.41) is 0.776. The molecule has 0 saturated carbocycles. The van der Waals surface area contributed by atoms with E-state index in [1.165, 1.54) is 39.0 Å². The normalized spacial score (nSPS) is 11.6. The Morgan fingerprint density at radius 2 is 1.57 bits per heavy atom. The molecular formula is C28H32N2O4S. The number of nitrogens with zero attached hydrogens (tertiary/aromatic N) is 2. The lowest BCUT2D eigenvalue weighted by atomic mass is 10.1. The molecule has 1 aromatic heterocycles. The van der Waals surface area contributed by atoms with Crippen molar-refractivity contribution in [3.8, 4) is 11.1 Å². The molecule has 0 radical (unpaired) electrons. The molecule has 0 saturated heterocycles. The first-order valence-corrected chi connectivity index (χ1v) is 13.0. The zero-order chi connectivity index (χ0) is 24.9. The first-order chi connectivity index (χ1) is 17.1. The third-order valence-corrected chi connectivity index (χ3v) is 6.36. The van der Waals surface area contributed by atoms with Gasteiger partial charge in [-0.1, -0.05) is 86.8 Å². The van der Waals surface area contributed by atoms with Crippen LogP contribution in [0.1, 0.15) is 61.9 Å². The Balaban J connectivity index is 1.46. The van der Waals surface area contributed by atoms with Gasteiger partial charge >= 0.3 is 11.9 Å². The van der Waals surface area contributed by atoms with Gasteiger partial charge in [-0.15, -0.1) is 0 Å². The van der Waals surface area contributed by atoms with Crippen molar-refractivity contribution in [3.05, 3.63) is 78.1 Å². The van der Waals surface area contributed by atoms with Gasteiger partial charge in [-0.25, -0.2) is 19.6 Å². The summed E-state index contributed by atoms with van der Waals surface area (Å²) in [6.07, 6.45) is 8.86. The smallest absolute Gasteiger partial charge is 0.347 e. The molecular weight excluding hydrogens is 460 g/mol. The number of ether oxygens (including phenoxy) is 2. The number of unbranched alkanes of at least 4 members (excludes halogenated alkanes) is 4. The molecule has 1 atom stereocenters. The highest BCUT2D eigenvalue weighted by molar-refractivity contribution is 7.99. The van der Waals surface area contributed by atoms with Crippen molar-refractivity contribution in [2.24, 2.45) is 0 Å². The zero-order valence-corrected chi connectivity index (χ0v) is 21.1. The van der Waals surface area contributed by atoms with Gasteiger partial charge in [0.05, 0.1) is 5.56 Å². The Morgan fingerprint density at radius 1 is 0.886 bits per heavy atom. The molecule has 0 fully saturated rings. The van der Waals surface area contributed by atoms with Crippen molar-refractivity contribution in [2.75, 3.05) is 5.75 Å². The van der Waals surface area contributed by atoms with E-state index in [-0.39, 0.29) is 6.61 Å². The molecule has 2 aromatic carbocycles. The van der Waals surface area contributed by atoms with Gasteiger partial charge in [-0.3, -0.25) is 0 Å². The Labute approximate surface area is 211 Å². The van der Waals surface area contributed by atoms with Crippen molar-refractivity contribution in [1.29, 1.82) is 0 Å². The maximum Gasteiger partial charge on any atom is 0.347 e. The van der Waals surface area contributed by atoms with Crippen LogP contribution in [0.3, 0.4) is 0 Å². The molecule has 0 bridgehead atoms. The molecule has 184 valence electrons. The number of rotatable bonds is 13. The Hall–Kier alpha value is -3.19. The highest BCUT2D eigenvalue weighted by Crippen LogP contribution is 2.22. The number of aromatic nitrogens is 2. The van der Waals surface area contributed by atoms with E-state index < -0.39 is 18.0 Å². The summed E-state index contributed by atoms with van der Waals surface area (Å²) in [7, 11) is 0. The quantitative estimate of drug-likeness (QED) is 0.117. The van der Waals surface area contributed by atoms with Crippen LogP contribution in [-0.4, -0.2) is 33.8 Å². The molecule has 0 amide bonds. The number of esters is 2. The van der Waals surface area contributed by atoms with E-state index in [4.69, 9.17) is 9.47 Å². The second-order valence-electron chi connectivity index (χ2n) is 8.24. The number of carbonyl (C=O) groups is 2. The molecule has 6 nitrogen and oxygen atoms in total. The average Bonchev–Trinajstić information content (AvgIpc) is 2.90. The summed E-state index contributed by atoms with van der Waals surface area (Å²) in [4.78, 5) is 33.5. The van der Waals surface area contributed by atoms with Crippen LogP contribution in [0.15, 0.2) is 72.1 Å². The van der Waals surface area contributed by atoms with Gasteiger partial charge in [-0.05, 0) is 36.6 Å². The third-order valence-electron chi connectivity index (χ3n) is 5.40. The average molecular weight is 493 g/mol. The zero-order valence-electron chi connectivity index (χ0n) is 20.3. The van der Waals surface area contributed by atoms with Gasteiger partial charge < -0.3 is 9.47 Å². The molecule has 0 aliphatic heterocycles. The highest BCUT2D eigenvalue weighted by Gasteiger charge is 2.20. The molecule has 0 unspecified atom stereocenters. The third kappa shape index (κ3) is 8.83. The standard InChI is InChI=1S/C28H32N2O4S/c1-3-4-5-6-10-17-35-28-29-18-25(19-30-28)23-13-15-24(16-14-23)27(32)34-21(2)26(31)33-20-22-11-8-7-9-12-22/h7-9,11-16,18-19,21H,3-6,10,17,20H2,1-2H3/t21-/m0/s1. The van der Waals surface area contributed by atoms with E-state index in [0.29, 0.717) is 5.56 Å². The summed E-state index contributed by atoms with van der Waals surface area (Å²) in [5.41, 5.74) is 2.99. The fraction of sp³-hybridized carbons (Fsp3) is 0.357. The molecule has 0 aliphatic rings. The first kappa shape index (κ1) is 26.4. The predicted molar refractivity (Wildman–Crippen MR) is 138 cm³/mol. The minimum atomic E-state index is -1.00. The molecule has 0 N–H and O–H groups in total. The molecule has 1 heterocycles. The van der Waals surface area contributed by atoms with Crippen molar-refractivity contribution < 1.29 is 19.1 Å². The minimum Gasteiger partial charge on any atom is -0.458 e. The molecule has 35 heavy (non-hydrogen) atoms. The van der Waals surface area contributed by atoms with Crippen LogP contribution in [0.5, 0.6) is 0 Å². The summed E-state index contributed by atoms with van der Waals surface area (Å²) < 4.78 is 10.5. The molecule has 3 rings (SSSR count). The number of carbonyl (C=O) groups excluding carboxylic acids is 2. The van der Waals surface area contributed by atoms with Gasteiger partial charge in [0.2, 0.25) is 0 Å². The lowest BCUT2D eigenvalue weighted by Crippen LogP contribution is -2.26. The highest BCUT2D eigenvalue weighted by atomic mass is 32.2. The second-order valence-corrected chi connectivity index (χ2v) is 9.30. The van der Waals surface area contributed by atoms with E-state index >= 15 is 0 Å². The molecule has 7 heteroatoms. The van der Waals surface area contributed by atoms with Gasteiger partial charge in [0.25, 0.3) is 0 Å². The maximum atomic E-state index is 12.5. The molecule has 0 spiro atoms. The number of hydrogen-bond acceptors (Lipinski definition) is 7. The monoisotopic (exact) mass is 492 g/mol. The maximum absolute atomic E-state index is 12.5. The van der Waals surface area contributed by atoms with Crippen molar-refractivity contribution in [3.63, 3.8) is 0 Å². The van der Waals surface area contributed by atoms with Crippen LogP contribution in [0.2, 0.25) is 0 Å². The minimum absolute atomic E-state index is 0.134. The van der Waals surface area contributed by atoms with Crippen LogP contribution in [0, 0.1) is 0 Å². The molecule has 0 aliphatic carbocycles. The molecule has 3 aromatic rings. The van der Waals surface area contributed by atoms with Crippen LogP contribution in [0.25, 0.3) is 11.1 Å². The fourth-order valence-corrected chi connectivity index (χ4v) is 4.12. The van der Waals surface area contributed by atoms with Crippen LogP contribution >= 0.6 is 11.8 Å². The van der Waals surface area contributed by atoms with E-state index in [1.807, 2.05) is 42.5 Å². The summed E-state index contributed by atoms with van der Waals surface area (Å²) in [6.45, 7) is 3.85. The Kier molecular flexibility index (Phi) is 10.8. The van der Waals surface area contributed by atoms with Crippen LogP contribution in [-0.2, 0) is 20.9 Å². The van der Waals surface area contributed by atoms with Gasteiger partial charge in [0.15, 0.2) is 11.3 Å². The van der Waals surface area contributed by atoms with Gasteiger partial charge in [0.1, 0.15) is 6.61 Å². The largest absolute Gasteiger partial charge is 0.458 e. The summed E-state index contributed by atoms with van der Waals surface area (Å²) >= 11 is 1.68. The van der Waals surface area contributed by atoms with E-state index in [2.05, 4.69) is 16.9 Å². The number of hydrogen-bond donors (Lipinski definition) is 0. The van der Waals surface area contributed by atoms with E-state index in [0.717, 1.165) is 27.6 Å². The van der Waals surface area contributed by atoms with E-state index in [1.54, 1.807) is 36.3 Å². The topological polar surface area (TPSA) is 78.4 Å². The lowest BCUT2D eigenvalue weighted by molar-refractivity contribution is -0.154. The van der Waals surface area contributed by atoms with Gasteiger partial charge in [0, 0.05) is 23.7 Å². The van der Waals surface area contributed by atoms with Gasteiger partial charge in [-0.2, -0.15) is 0 Å². The Bertz CT molecular complexity index is 1060. The Morgan fingerprint density at radius 3 is 2.26 bits per heavy atom. The second kappa shape index (κ2) is 14.3. The lowest BCUT2D eigenvalue weighted by Gasteiger charge is -2.13. The summed E-state index contributed by atoms with van der Waals surface area (Å²) in [6, 6.07) is 16.3. The number of thioether (sulfide) groups is 1. The first-order valence-electron chi connectivity index (χ1n) is 12.0. The van der Waals surface area contributed by atoms with E-state index in [9.17, 15) is 9.59 Å². The van der Waals surface area contributed by atoms with Crippen molar-refractivity contribution in [1.82, 2.24) is 9.97 Å². The van der Waals surface area contributed by atoms with Crippen molar-refractivity contribution in [2.45, 2.75) is 63.8 Å². The van der Waals surface area contributed by atoms with Crippen molar-refractivity contribution >= 4 is 23.7 Å². The predicted octanol–water partition coefficient (Wildman–Crippen LogP) is 6.49. The van der Waals surface area contributed by atoms with Crippen LogP contribution < -0.4 is 0 Å². The summed E-state index contributed by atoms with van der Waals surface area (Å²) in [5.74, 6) is -0.143. The number of benzene rings is 2. The SMILES string of the molecule is CCCCCCCSc1ncc(-c2ccc(C(=O)O[C@@H](C)C(=O)OCc3ccccc3)cc2)cn1. The fourth-order valence-electron chi connectivity index (χ4n) is 3.33.